The fourth-order valence-electron chi connectivity index (χ4n) is 0.979. The van der Waals surface area contributed by atoms with Crippen molar-refractivity contribution in [3.05, 3.63) is 36.0 Å². The van der Waals surface area contributed by atoms with Gasteiger partial charge in [-0.25, -0.2) is 4.39 Å². The van der Waals surface area contributed by atoms with Gasteiger partial charge in [-0.2, -0.15) is 0 Å². The van der Waals surface area contributed by atoms with Crippen molar-refractivity contribution in [2.75, 3.05) is 0 Å². The molecule has 0 saturated carbocycles. The summed E-state index contributed by atoms with van der Waals surface area (Å²) in [4.78, 5) is 0. The molecule has 0 aliphatic carbocycles. The molecule has 4 nitrogen and oxygen atoms in total. The van der Waals surface area contributed by atoms with E-state index < -0.39 is 0 Å². The molecule has 0 N–H and O–H groups in total. The maximum atomic E-state index is 12.5. The average Bonchev–Trinajstić information content (AvgIpc) is 2.64. The summed E-state index contributed by atoms with van der Waals surface area (Å²) in [5.74, 6) is 0.553. The Labute approximate surface area is 90.5 Å². The standard InChI is InChI=1S/C9H7FN2O2S/c10-6-1-3-7(4-2-6)13-5-8-11-12-9(15)14-8/h1-4H,5H2,(H,12,15). The number of thiol groups is 1. The van der Waals surface area contributed by atoms with Crippen LogP contribution in [0.4, 0.5) is 4.39 Å². The van der Waals surface area contributed by atoms with E-state index in [1.807, 2.05) is 0 Å². The molecule has 0 atom stereocenters. The first kappa shape index (κ1) is 9.97. The first-order valence-electron chi connectivity index (χ1n) is 4.14. The van der Waals surface area contributed by atoms with Crippen molar-refractivity contribution in [3.8, 4) is 5.75 Å². The van der Waals surface area contributed by atoms with Gasteiger partial charge in [-0.15, -0.1) is 10.2 Å². The highest BCUT2D eigenvalue weighted by atomic mass is 32.1. The van der Waals surface area contributed by atoms with E-state index in [9.17, 15) is 4.39 Å². The molecule has 0 saturated heterocycles. The normalized spacial score (nSPS) is 10.3. The first-order chi connectivity index (χ1) is 7.24. The second-order valence-electron chi connectivity index (χ2n) is 2.72. The van der Waals surface area contributed by atoms with E-state index in [0.717, 1.165) is 0 Å². The second-order valence-corrected chi connectivity index (χ2v) is 3.10. The molecule has 15 heavy (non-hydrogen) atoms. The van der Waals surface area contributed by atoms with Crippen LogP contribution in [-0.4, -0.2) is 10.2 Å². The van der Waals surface area contributed by atoms with Crippen LogP contribution in [0.3, 0.4) is 0 Å². The third-order valence-corrected chi connectivity index (χ3v) is 1.81. The van der Waals surface area contributed by atoms with Gasteiger partial charge in [0.1, 0.15) is 11.6 Å². The third kappa shape index (κ3) is 2.69. The number of hydrogen-bond donors (Lipinski definition) is 1. The van der Waals surface area contributed by atoms with E-state index in [-0.39, 0.29) is 17.6 Å². The van der Waals surface area contributed by atoms with E-state index in [2.05, 4.69) is 22.8 Å². The van der Waals surface area contributed by atoms with Gasteiger partial charge >= 0.3 is 0 Å². The number of hydrogen-bond acceptors (Lipinski definition) is 5. The maximum Gasteiger partial charge on any atom is 0.273 e. The van der Waals surface area contributed by atoms with E-state index in [4.69, 9.17) is 9.15 Å². The Hall–Kier alpha value is -1.56. The zero-order chi connectivity index (χ0) is 10.7. The van der Waals surface area contributed by atoms with E-state index in [0.29, 0.717) is 11.6 Å². The fraction of sp³-hybridized carbons (Fsp3) is 0.111. The number of ether oxygens (including phenoxy) is 1. The van der Waals surface area contributed by atoms with E-state index in [1.54, 1.807) is 0 Å². The molecule has 6 heteroatoms. The minimum Gasteiger partial charge on any atom is -0.484 e. The highest BCUT2D eigenvalue weighted by Crippen LogP contribution is 2.13. The summed E-state index contributed by atoms with van der Waals surface area (Å²) in [6.07, 6.45) is 0. The smallest absolute Gasteiger partial charge is 0.273 e. The number of nitrogens with zero attached hydrogens (tertiary/aromatic N) is 2. The zero-order valence-corrected chi connectivity index (χ0v) is 8.45. The SMILES string of the molecule is Fc1ccc(OCc2nnc(S)o2)cc1. The summed E-state index contributed by atoms with van der Waals surface area (Å²) >= 11 is 3.85. The van der Waals surface area contributed by atoms with E-state index >= 15 is 0 Å². The Morgan fingerprint density at radius 2 is 2.00 bits per heavy atom. The lowest BCUT2D eigenvalue weighted by Gasteiger charge is -2.01. The summed E-state index contributed by atoms with van der Waals surface area (Å²) in [7, 11) is 0. The minimum absolute atomic E-state index is 0.138. The molecule has 0 unspecified atom stereocenters. The van der Waals surface area contributed by atoms with Gasteiger partial charge in [-0.05, 0) is 24.3 Å². The van der Waals surface area contributed by atoms with Crippen LogP contribution < -0.4 is 4.74 Å². The molecular weight excluding hydrogens is 219 g/mol. The van der Waals surface area contributed by atoms with Crippen molar-refractivity contribution < 1.29 is 13.5 Å². The zero-order valence-electron chi connectivity index (χ0n) is 7.55. The molecule has 1 aromatic heterocycles. The lowest BCUT2D eigenvalue weighted by molar-refractivity contribution is 0.252. The van der Waals surface area contributed by atoms with Gasteiger partial charge in [0.25, 0.3) is 11.1 Å². The van der Waals surface area contributed by atoms with Crippen LogP contribution in [0.25, 0.3) is 0 Å². The van der Waals surface area contributed by atoms with Crippen LogP contribution in [0.15, 0.2) is 33.9 Å². The van der Waals surface area contributed by atoms with Crippen LogP contribution >= 0.6 is 12.6 Å². The maximum absolute atomic E-state index is 12.5. The van der Waals surface area contributed by atoms with Crippen LogP contribution in [-0.2, 0) is 6.61 Å². The molecule has 0 bridgehead atoms. The number of rotatable bonds is 3. The lowest BCUT2D eigenvalue weighted by atomic mass is 10.3. The molecule has 78 valence electrons. The van der Waals surface area contributed by atoms with Crippen molar-refractivity contribution in [2.24, 2.45) is 0 Å². The van der Waals surface area contributed by atoms with Crippen molar-refractivity contribution in [3.63, 3.8) is 0 Å². The molecule has 2 rings (SSSR count). The van der Waals surface area contributed by atoms with Gasteiger partial charge in [0.2, 0.25) is 0 Å². The first-order valence-corrected chi connectivity index (χ1v) is 4.58. The quantitative estimate of drug-likeness (QED) is 0.814. The van der Waals surface area contributed by atoms with Gasteiger partial charge in [-0.1, -0.05) is 12.6 Å². The molecule has 0 fully saturated rings. The Morgan fingerprint density at radius 3 is 2.60 bits per heavy atom. The van der Waals surface area contributed by atoms with E-state index in [1.165, 1.54) is 24.3 Å². The number of aromatic nitrogens is 2. The van der Waals surface area contributed by atoms with Gasteiger partial charge in [-0.3, -0.25) is 0 Å². The minimum atomic E-state index is -0.308. The second kappa shape index (κ2) is 4.31. The fourth-order valence-corrected chi connectivity index (χ4v) is 1.13. The van der Waals surface area contributed by atoms with Crippen molar-refractivity contribution >= 4 is 12.6 Å². The topological polar surface area (TPSA) is 48.2 Å². The van der Waals surface area contributed by atoms with Crippen LogP contribution in [0.1, 0.15) is 5.89 Å². The lowest BCUT2D eigenvalue weighted by Crippen LogP contribution is -1.95. The molecule has 0 amide bonds. The molecule has 1 heterocycles. The van der Waals surface area contributed by atoms with Crippen LogP contribution in [0.2, 0.25) is 0 Å². The van der Waals surface area contributed by atoms with Crippen molar-refractivity contribution in [2.45, 2.75) is 11.8 Å². The van der Waals surface area contributed by atoms with Gasteiger partial charge in [0.05, 0.1) is 0 Å². The predicted octanol–water partition coefficient (Wildman–Crippen LogP) is 2.08. The Kier molecular flexibility index (Phi) is 2.86. The summed E-state index contributed by atoms with van der Waals surface area (Å²) in [6.45, 7) is 0.138. The molecule has 1 aromatic carbocycles. The molecule has 0 spiro atoms. The van der Waals surface area contributed by atoms with Gasteiger partial charge < -0.3 is 9.15 Å². The molecule has 2 aromatic rings. The summed E-state index contributed by atoms with van der Waals surface area (Å²) in [5, 5.41) is 7.39. The summed E-state index contributed by atoms with van der Waals surface area (Å²) in [5.41, 5.74) is 0. The number of halogens is 1. The van der Waals surface area contributed by atoms with Crippen molar-refractivity contribution in [1.29, 1.82) is 0 Å². The summed E-state index contributed by atoms with van der Waals surface area (Å²) in [6, 6.07) is 5.67. The highest BCUT2D eigenvalue weighted by molar-refractivity contribution is 7.80. The Morgan fingerprint density at radius 1 is 1.27 bits per heavy atom. The monoisotopic (exact) mass is 226 g/mol. The van der Waals surface area contributed by atoms with Crippen molar-refractivity contribution in [1.82, 2.24) is 10.2 Å². The average molecular weight is 226 g/mol. The molecule has 0 aliphatic rings. The predicted molar refractivity (Wildman–Crippen MR) is 52.3 cm³/mol. The van der Waals surface area contributed by atoms with Gasteiger partial charge in [0.15, 0.2) is 6.61 Å². The highest BCUT2D eigenvalue weighted by Gasteiger charge is 2.03. The molecule has 0 radical (unpaired) electrons. The summed E-state index contributed by atoms with van der Waals surface area (Å²) < 4.78 is 22.8. The molecular formula is C9H7FN2O2S. The van der Waals surface area contributed by atoms with Gasteiger partial charge in [0, 0.05) is 0 Å². The Balaban J connectivity index is 1.96. The third-order valence-electron chi connectivity index (χ3n) is 1.63. The van der Waals surface area contributed by atoms with Crippen LogP contribution in [0.5, 0.6) is 5.75 Å². The number of benzene rings is 1. The molecule has 0 aliphatic heterocycles. The van der Waals surface area contributed by atoms with Crippen LogP contribution in [0, 0.1) is 5.82 Å². The Bertz CT molecular complexity index is 444. The largest absolute Gasteiger partial charge is 0.484 e.